The molecule has 0 atom stereocenters. The molecule has 2 aromatic heterocycles. The first-order chi connectivity index (χ1) is 11.3. The Morgan fingerprint density at radius 1 is 1.17 bits per heavy atom. The molecule has 1 amide bonds. The zero-order chi connectivity index (χ0) is 17.7. The Hall–Kier alpha value is -1.84. The quantitative estimate of drug-likeness (QED) is 0.373. The normalized spacial score (nSPS) is 11.1. The van der Waals surface area contributed by atoms with E-state index in [1.165, 1.54) is 14.0 Å². The van der Waals surface area contributed by atoms with Crippen molar-refractivity contribution < 1.29 is 22.7 Å². The Bertz CT molecular complexity index is 846. The van der Waals surface area contributed by atoms with E-state index in [9.17, 15) is 18.0 Å². The number of aromatic nitrogens is 4. The van der Waals surface area contributed by atoms with Crippen LogP contribution >= 0.6 is 34.4 Å². The van der Waals surface area contributed by atoms with Gasteiger partial charge in [0.2, 0.25) is 16.2 Å². The maximum atomic E-state index is 12.2. The monoisotopic (exact) mass is 410 g/mol. The summed E-state index contributed by atoms with van der Waals surface area (Å²) in [5, 5.41) is 16.9. The SMILES string of the molecule is COC(=O)CSc1nnc(NS(=O)(=O)c2nnc(NC(C)=O)s2)s1. The molecule has 0 aromatic carbocycles. The third-order valence-corrected chi connectivity index (χ3v) is 6.71. The van der Waals surface area contributed by atoms with E-state index in [4.69, 9.17) is 0 Å². The molecular formula is C9H10N6O5S4. The first kappa shape index (κ1) is 18.5. The number of nitrogens with one attached hydrogen (secondary N) is 2. The summed E-state index contributed by atoms with van der Waals surface area (Å²) in [6.07, 6.45) is 0. The summed E-state index contributed by atoms with van der Waals surface area (Å²) in [5.41, 5.74) is 0. The number of carbonyl (C=O) groups excluding carboxylic acids is 2. The Balaban J connectivity index is 2.04. The second kappa shape index (κ2) is 7.82. The first-order valence-corrected chi connectivity index (χ1v) is 10.1. The van der Waals surface area contributed by atoms with Gasteiger partial charge in [-0.2, -0.15) is 8.42 Å². The molecule has 0 fully saturated rings. The van der Waals surface area contributed by atoms with Crippen LogP contribution in [0.5, 0.6) is 0 Å². The van der Waals surface area contributed by atoms with Gasteiger partial charge in [-0.15, -0.1) is 20.4 Å². The van der Waals surface area contributed by atoms with Crippen molar-refractivity contribution >= 4 is 66.6 Å². The van der Waals surface area contributed by atoms with E-state index in [1.807, 2.05) is 0 Å². The van der Waals surface area contributed by atoms with Crippen LogP contribution in [-0.2, 0) is 24.3 Å². The van der Waals surface area contributed by atoms with Gasteiger partial charge in [-0.25, -0.2) is 0 Å². The lowest BCUT2D eigenvalue weighted by molar-refractivity contribution is -0.137. The molecule has 0 saturated heterocycles. The lowest BCUT2D eigenvalue weighted by Crippen LogP contribution is -2.12. The van der Waals surface area contributed by atoms with Crippen LogP contribution < -0.4 is 10.0 Å². The number of thioether (sulfide) groups is 1. The van der Waals surface area contributed by atoms with E-state index < -0.39 is 16.0 Å². The summed E-state index contributed by atoms with van der Waals surface area (Å²) in [4.78, 5) is 22.0. The molecular weight excluding hydrogens is 400 g/mol. The predicted molar refractivity (Wildman–Crippen MR) is 87.7 cm³/mol. The first-order valence-electron chi connectivity index (χ1n) is 5.97. The van der Waals surface area contributed by atoms with Crippen molar-refractivity contribution in [2.75, 3.05) is 22.9 Å². The molecule has 130 valence electrons. The molecule has 0 aliphatic rings. The van der Waals surface area contributed by atoms with Crippen molar-refractivity contribution in [3.05, 3.63) is 0 Å². The van der Waals surface area contributed by atoms with Crippen LogP contribution in [0.25, 0.3) is 0 Å². The van der Waals surface area contributed by atoms with E-state index in [0.717, 1.165) is 23.1 Å². The number of methoxy groups -OCH3 is 1. The molecule has 0 bridgehead atoms. The molecule has 0 aliphatic heterocycles. The highest BCUT2D eigenvalue weighted by molar-refractivity contribution is 8.01. The van der Waals surface area contributed by atoms with Crippen LogP contribution in [0.15, 0.2) is 8.68 Å². The van der Waals surface area contributed by atoms with Crippen LogP contribution in [0.4, 0.5) is 10.3 Å². The zero-order valence-corrected chi connectivity index (χ0v) is 15.4. The highest BCUT2D eigenvalue weighted by Gasteiger charge is 2.22. The third-order valence-electron chi connectivity index (χ3n) is 2.09. The minimum Gasteiger partial charge on any atom is -0.468 e. The van der Waals surface area contributed by atoms with Gasteiger partial charge in [0.25, 0.3) is 14.4 Å². The van der Waals surface area contributed by atoms with Crippen molar-refractivity contribution in [3.8, 4) is 0 Å². The molecule has 0 radical (unpaired) electrons. The zero-order valence-electron chi connectivity index (χ0n) is 12.2. The third kappa shape index (κ3) is 5.08. The number of rotatable bonds is 7. The molecule has 2 heterocycles. The van der Waals surface area contributed by atoms with Crippen LogP contribution in [-0.4, -0.2) is 53.6 Å². The standard InChI is InChI=1S/C9H10N6O5S4/c1-4(16)10-6-11-14-9(23-6)24(18,19)15-7-12-13-8(22-7)21-3-5(17)20-2/h3H2,1-2H3,(H,12,15)(H,10,11,16). The molecule has 2 rings (SSSR count). The number of nitrogens with zero attached hydrogens (tertiary/aromatic N) is 4. The number of amides is 1. The fourth-order valence-corrected chi connectivity index (χ4v) is 4.93. The number of esters is 1. The average molecular weight is 410 g/mol. The Morgan fingerprint density at radius 3 is 2.54 bits per heavy atom. The summed E-state index contributed by atoms with van der Waals surface area (Å²) in [6, 6.07) is 0. The molecule has 15 heteroatoms. The molecule has 0 unspecified atom stereocenters. The van der Waals surface area contributed by atoms with Gasteiger partial charge in [0.1, 0.15) is 0 Å². The number of hydrogen-bond acceptors (Lipinski definition) is 12. The Kier molecular flexibility index (Phi) is 6.03. The van der Waals surface area contributed by atoms with Crippen LogP contribution in [0, 0.1) is 0 Å². The van der Waals surface area contributed by atoms with Crippen LogP contribution in [0.1, 0.15) is 6.92 Å². The molecule has 2 aromatic rings. The summed E-state index contributed by atoms with van der Waals surface area (Å²) in [6.45, 7) is 1.27. The summed E-state index contributed by atoms with van der Waals surface area (Å²) >= 11 is 2.72. The van der Waals surface area contributed by atoms with Gasteiger partial charge in [-0.3, -0.25) is 14.3 Å². The lowest BCUT2D eigenvalue weighted by Gasteiger charge is -1.99. The molecule has 2 N–H and O–H groups in total. The molecule has 24 heavy (non-hydrogen) atoms. The number of ether oxygens (including phenoxy) is 1. The maximum Gasteiger partial charge on any atom is 0.316 e. The Labute approximate surface area is 148 Å². The number of anilines is 2. The van der Waals surface area contributed by atoms with Crippen molar-refractivity contribution in [3.63, 3.8) is 0 Å². The molecule has 11 nitrogen and oxygen atoms in total. The lowest BCUT2D eigenvalue weighted by atomic mass is 10.7. The van der Waals surface area contributed by atoms with Crippen molar-refractivity contribution in [1.29, 1.82) is 0 Å². The van der Waals surface area contributed by atoms with E-state index in [0.29, 0.717) is 15.7 Å². The second-order valence-electron chi connectivity index (χ2n) is 3.90. The topological polar surface area (TPSA) is 153 Å². The number of carbonyl (C=O) groups is 2. The molecule has 0 spiro atoms. The predicted octanol–water partition coefficient (Wildman–Crippen LogP) is 0.414. The van der Waals surface area contributed by atoms with Gasteiger partial charge in [-0.1, -0.05) is 34.4 Å². The summed E-state index contributed by atoms with van der Waals surface area (Å²) < 4.78 is 31.1. The minimum atomic E-state index is -4.00. The van der Waals surface area contributed by atoms with Crippen LogP contribution in [0.3, 0.4) is 0 Å². The average Bonchev–Trinajstić information content (AvgIpc) is 3.13. The van der Waals surface area contributed by atoms with Crippen molar-refractivity contribution in [2.24, 2.45) is 0 Å². The van der Waals surface area contributed by atoms with Gasteiger partial charge < -0.3 is 10.1 Å². The van der Waals surface area contributed by atoms with Gasteiger partial charge in [-0.05, 0) is 0 Å². The van der Waals surface area contributed by atoms with E-state index in [-0.39, 0.29) is 26.3 Å². The molecule has 0 saturated carbocycles. The Morgan fingerprint density at radius 2 is 1.88 bits per heavy atom. The van der Waals surface area contributed by atoms with Crippen molar-refractivity contribution in [1.82, 2.24) is 20.4 Å². The maximum absolute atomic E-state index is 12.2. The highest BCUT2D eigenvalue weighted by Crippen LogP contribution is 2.28. The molecule has 0 aliphatic carbocycles. The number of hydrogen-bond donors (Lipinski definition) is 2. The largest absolute Gasteiger partial charge is 0.468 e. The second-order valence-corrected chi connectivity index (χ2v) is 8.93. The van der Waals surface area contributed by atoms with Gasteiger partial charge >= 0.3 is 5.97 Å². The van der Waals surface area contributed by atoms with Crippen LogP contribution in [0.2, 0.25) is 0 Å². The van der Waals surface area contributed by atoms with Crippen molar-refractivity contribution in [2.45, 2.75) is 15.6 Å². The summed E-state index contributed by atoms with van der Waals surface area (Å²) in [5.74, 6) is -0.787. The van der Waals surface area contributed by atoms with E-state index in [2.05, 4.69) is 35.2 Å². The smallest absolute Gasteiger partial charge is 0.316 e. The highest BCUT2D eigenvalue weighted by atomic mass is 32.2. The van der Waals surface area contributed by atoms with E-state index in [1.54, 1.807) is 0 Å². The van der Waals surface area contributed by atoms with Gasteiger partial charge in [0.15, 0.2) is 4.34 Å². The fraction of sp³-hybridized carbons (Fsp3) is 0.333. The van der Waals surface area contributed by atoms with E-state index >= 15 is 0 Å². The number of sulfonamides is 1. The fourth-order valence-electron chi connectivity index (χ4n) is 1.17. The summed E-state index contributed by atoms with van der Waals surface area (Å²) in [7, 11) is -2.74. The van der Waals surface area contributed by atoms with Gasteiger partial charge in [0, 0.05) is 6.92 Å². The minimum absolute atomic E-state index is 0.0126. The van der Waals surface area contributed by atoms with Gasteiger partial charge in [0.05, 0.1) is 12.9 Å².